The molecule has 0 saturated heterocycles. The SMILES string of the molecule is NC1CC(Nc2ccc3nccnc3n2)C1. The second-order valence-corrected chi connectivity index (χ2v) is 4.17. The quantitative estimate of drug-likeness (QED) is 0.779. The Morgan fingerprint density at radius 1 is 1.19 bits per heavy atom. The highest BCUT2D eigenvalue weighted by Crippen LogP contribution is 2.22. The van der Waals surface area contributed by atoms with Crippen LogP contribution in [0.2, 0.25) is 0 Å². The second-order valence-electron chi connectivity index (χ2n) is 4.17. The molecule has 0 amide bonds. The monoisotopic (exact) mass is 215 g/mol. The minimum absolute atomic E-state index is 0.345. The molecule has 3 N–H and O–H groups in total. The number of fused-ring (bicyclic) bond motifs is 1. The van der Waals surface area contributed by atoms with Crippen molar-refractivity contribution < 1.29 is 0 Å². The van der Waals surface area contributed by atoms with Crippen molar-refractivity contribution >= 4 is 17.0 Å². The van der Waals surface area contributed by atoms with E-state index in [9.17, 15) is 0 Å². The molecule has 0 aromatic carbocycles. The highest BCUT2D eigenvalue weighted by atomic mass is 15.1. The molecule has 1 saturated carbocycles. The molecular weight excluding hydrogens is 202 g/mol. The summed E-state index contributed by atoms with van der Waals surface area (Å²) in [5.41, 5.74) is 7.23. The Kier molecular flexibility index (Phi) is 2.18. The van der Waals surface area contributed by atoms with Crippen molar-refractivity contribution in [2.45, 2.75) is 24.9 Å². The molecule has 82 valence electrons. The molecule has 2 aromatic rings. The van der Waals surface area contributed by atoms with Gasteiger partial charge in [-0.3, -0.25) is 4.98 Å². The van der Waals surface area contributed by atoms with Gasteiger partial charge < -0.3 is 11.1 Å². The number of nitrogens with two attached hydrogens (primary N) is 1. The molecule has 3 rings (SSSR count). The molecule has 1 fully saturated rings. The van der Waals surface area contributed by atoms with E-state index in [-0.39, 0.29) is 0 Å². The van der Waals surface area contributed by atoms with Crippen molar-refractivity contribution in [2.75, 3.05) is 5.32 Å². The molecule has 5 heteroatoms. The first-order valence-corrected chi connectivity index (χ1v) is 5.41. The number of nitrogens with zero attached hydrogens (tertiary/aromatic N) is 3. The van der Waals surface area contributed by atoms with Crippen molar-refractivity contribution in [3.8, 4) is 0 Å². The van der Waals surface area contributed by atoms with E-state index in [1.54, 1.807) is 12.4 Å². The number of hydrogen-bond donors (Lipinski definition) is 2. The topological polar surface area (TPSA) is 76.7 Å². The normalized spacial score (nSPS) is 24.1. The third-order valence-corrected chi connectivity index (χ3v) is 2.86. The summed E-state index contributed by atoms with van der Waals surface area (Å²) in [5, 5.41) is 3.34. The summed E-state index contributed by atoms with van der Waals surface area (Å²) in [7, 11) is 0. The summed E-state index contributed by atoms with van der Waals surface area (Å²) in [4.78, 5) is 12.7. The average molecular weight is 215 g/mol. The van der Waals surface area contributed by atoms with E-state index >= 15 is 0 Å². The van der Waals surface area contributed by atoms with Gasteiger partial charge in [-0.2, -0.15) is 0 Å². The van der Waals surface area contributed by atoms with Gasteiger partial charge in [-0.15, -0.1) is 0 Å². The fourth-order valence-corrected chi connectivity index (χ4v) is 1.92. The summed E-state index contributed by atoms with van der Waals surface area (Å²) < 4.78 is 0. The molecule has 0 aliphatic heterocycles. The summed E-state index contributed by atoms with van der Waals surface area (Å²) in [6, 6.07) is 4.66. The highest BCUT2D eigenvalue weighted by Gasteiger charge is 2.25. The molecule has 0 bridgehead atoms. The Morgan fingerprint density at radius 2 is 2.00 bits per heavy atom. The van der Waals surface area contributed by atoms with Crippen LogP contribution in [0.25, 0.3) is 11.2 Å². The Bertz CT molecular complexity index is 506. The van der Waals surface area contributed by atoms with Crippen molar-refractivity contribution in [2.24, 2.45) is 5.73 Å². The molecule has 0 spiro atoms. The minimum atomic E-state index is 0.345. The van der Waals surface area contributed by atoms with Crippen LogP contribution >= 0.6 is 0 Å². The van der Waals surface area contributed by atoms with Crippen LogP contribution in [0.15, 0.2) is 24.5 Å². The van der Waals surface area contributed by atoms with Crippen LogP contribution in [0, 0.1) is 0 Å². The van der Waals surface area contributed by atoms with Gasteiger partial charge in [0.25, 0.3) is 0 Å². The van der Waals surface area contributed by atoms with Crippen LogP contribution in [-0.4, -0.2) is 27.0 Å². The predicted molar refractivity (Wildman–Crippen MR) is 62.0 cm³/mol. The first-order valence-electron chi connectivity index (χ1n) is 5.41. The van der Waals surface area contributed by atoms with Crippen molar-refractivity contribution in [1.82, 2.24) is 15.0 Å². The number of nitrogens with one attached hydrogen (secondary N) is 1. The number of hydrogen-bond acceptors (Lipinski definition) is 5. The smallest absolute Gasteiger partial charge is 0.180 e. The molecule has 2 aromatic heterocycles. The summed E-state index contributed by atoms with van der Waals surface area (Å²) in [6.07, 6.45) is 5.35. The molecule has 1 aliphatic rings. The lowest BCUT2D eigenvalue weighted by Crippen LogP contribution is -2.44. The van der Waals surface area contributed by atoms with Crippen LogP contribution in [0.1, 0.15) is 12.8 Å². The Labute approximate surface area is 93.1 Å². The zero-order valence-electron chi connectivity index (χ0n) is 8.80. The molecular formula is C11H13N5. The van der Waals surface area contributed by atoms with Crippen LogP contribution in [0.4, 0.5) is 5.82 Å². The maximum absolute atomic E-state index is 5.73. The summed E-state index contributed by atoms with van der Waals surface area (Å²) in [6.45, 7) is 0. The standard InChI is InChI=1S/C11H13N5/c12-7-5-8(6-7)15-10-2-1-9-11(16-10)14-4-3-13-9/h1-4,7-8H,5-6,12H2,(H,14,15,16). The molecule has 16 heavy (non-hydrogen) atoms. The Balaban J connectivity index is 1.82. The minimum Gasteiger partial charge on any atom is -0.367 e. The third-order valence-electron chi connectivity index (χ3n) is 2.86. The summed E-state index contributed by atoms with van der Waals surface area (Å²) >= 11 is 0. The maximum Gasteiger partial charge on any atom is 0.180 e. The van der Waals surface area contributed by atoms with Crippen LogP contribution in [0.3, 0.4) is 0 Å². The zero-order chi connectivity index (χ0) is 11.0. The number of rotatable bonds is 2. The van der Waals surface area contributed by atoms with Gasteiger partial charge in [0.2, 0.25) is 0 Å². The van der Waals surface area contributed by atoms with Crippen molar-refractivity contribution in [3.05, 3.63) is 24.5 Å². The van der Waals surface area contributed by atoms with Gasteiger partial charge in [0, 0.05) is 24.5 Å². The average Bonchev–Trinajstić information content (AvgIpc) is 2.27. The fourth-order valence-electron chi connectivity index (χ4n) is 1.92. The van der Waals surface area contributed by atoms with E-state index in [0.717, 1.165) is 24.2 Å². The number of pyridine rings is 1. The second kappa shape index (κ2) is 3.68. The molecule has 0 unspecified atom stereocenters. The van der Waals surface area contributed by atoms with Gasteiger partial charge in [0.1, 0.15) is 11.3 Å². The maximum atomic E-state index is 5.73. The van der Waals surface area contributed by atoms with Crippen molar-refractivity contribution in [3.63, 3.8) is 0 Å². The number of aromatic nitrogens is 3. The largest absolute Gasteiger partial charge is 0.367 e. The predicted octanol–water partition coefficient (Wildman–Crippen LogP) is 0.926. The summed E-state index contributed by atoms with van der Waals surface area (Å²) in [5.74, 6) is 0.852. The third kappa shape index (κ3) is 1.69. The lowest BCUT2D eigenvalue weighted by atomic mass is 9.88. The fraction of sp³-hybridized carbons (Fsp3) is 0.364. The van der Waals surface area contributed by atoms with E-state index in [1.165, 1.54) is 0 Å². The van der Waals surface area contributed by atoms with Gasteiger partial charge in [0.15, 0.2) is 5.65 Å². The van der Waals surface area contributed by atoms with E-state index in [0.29, 0.717) is 17.7 Å². The van der Waals surface area contributed by atoms with E-state index < -0.39 is 0 Å². The molecule has 2 heterocycles. The lowest BCUT2D eigenvalue weighted by molar-refractivity contribution is 0.373. The first kappa shape index (κ1) is 9.47. The van der Waals surface area contributed by atoms with Gasteiger partial charge in [-0.05, 0) is 25.0 Å². The number of anilines is 1. The van der Waals surface area contributed by atoms with E-state index in [1.807, 2.05) is 12.1 Å². The van der Waals surface area contributed by atoms with E-state index in [2.05, 4.69) is 20.3 Å². The van der Waals surface area contributed by atoms with Crippen molar-refractivity contribution in [1.29, 1.82) is 0 Å². The highest BCUT2D eigenvalue weighted by molar-refractivity contribution is 5.71. The van der Waals surface area contributed by atoms with Crippen LogP contribution < -0.4 is 11.1 Å². The molecule has 5 nitrogen and oxygen atoms in total. The molecule has 1 aliphatic carbocycles. The van der Waals surface area contributed by atoms with Gasteiger partial charge in [-0.1, -0.05) is 0 Å². The lowest BCUT2D eigenvalue weighted by Gasteiger charge is -2.33. The molecule has 0 atom stereocenters. The van der Waals surface area contributed by atoms with Gasteiger partial charge >= 0.3 is 0 Å². The van der Waals surface area contributed by atoms with E-state index in [4.69, 9.17) is 5.73 Å². The first-order chi connectivity index (χ1) is 7.81. The Morgan fingerprint density at radius 3 is 2.81 bits per heavy atom. The van der Waals surface area contributed by atoms with Gasteiger partial charge in [-0.25, -0.2) is 9.97 Å². The van der Waals surface area contributed by atoms with Gasteiger partial charge in [0.05, 0.1) is 0 Å². The molecule has 0 radical (unpaired) electrons. The zero-order valence-corrected chi connectivity index (χ0v) is 8.80. The van der Waals surface area contributed by atoms with Crippen LogP contribution in [-0.2, 0) is 0 Å². The Hall–Kier alpha value is -1.75. The van der Waals surface area contributed by atoms with Crippen LogP contribution in [0.5, 0.6) is 0 Å².